The Labute approximate surface area is 208 Å². The maximum Gasteiger partial charge on any atom is 0.262 e. The summed E-state index contributed by atoms with van der Waals surface area (Å²) in [5, 5.41) is 7.04. The summed E-state index contributed by atoms with van der Waals surface area (Å²) in [5.41, 5.74) is 2.14. The first-order chi connectivity index (χ1) is 16.4. The fourth-order valence-corrected chi connectivity index (χ4v) is 5.51. The van der Waals surface area contributed by atoms with Gasteiger partial charge in [0.05, 0.1) is 17.9 Å². The van der Waals surface area contributed by atoms with E-state index in [0.29, 0.717) is 45.3 Å². The van der Waals surface area contributed by atoms with E-state index in [0.717, 1.165) is 29.7 Å². The first-order valence-corrected chi connectivity index (χ1v) is 12.5. The minimum atomic E-state index is -0.328. The third-order valence-electron chi connectivity index (χ3n) is 5.61. The molecule has 0 bridgehead atoms. The van der Waals surface area contributed by atoms with Crippen LogP contribution in [0.3, 0.4) is 0 Å². The van der Waals surface area contributed by atoms with Crippen molar-refractivity contribution in [3.63, 3.8) is 0 Å². The van der Waals surface area contributed by atoms with Gasteiger partial charge < -0.3 is 20.1 Å². The number of benzene rings is 2. The second-order valence-electron chi connectivity index (χ2n) is 8.23. The van der Waals surface area contributed by atoms with E-state index in [1.807, 2.05) is 31.2 Å². The van der Waals surface area contributed by atoms with Crippen LogP contribution in [-0.4, -0.2) is 25.0 Å². The lowest BCUT2D eigenvalue weighted by atomic mass is 9.88. The molecule has 1 aromatic heterocycles. The average Bonchev–Trinajstić information content (AvgIpc) is 3.17. The first kappa shape index (κ1) is 24.1. The molecule has 1 atom stereocenters. The fraction of sp³-hybridized carbons (Fsp3) is 0.308. The summed E-state index contributed by atoms with van der Waals surface area (Å²) >= 11 is 7.37. The highest BCUT2D eigenvalue weighted by Crippen LogP contribution is 2.40. The van der Waals surface area contributed by atoms with E-state index in [-0.39, 0.29) is 18.4 Å². The Bertz CT molecular complexity index is 1180. The molecule has 2 amide bonds. The number of carbonyl (C=O) groups is 2. The number of halogens is 1. The molecule has 1 heterocycles. The molecule has 0 fully saturated rings. The van der Waals surface area contributed by atoms with Crippen LogP contribution in [0.5, 0.6) is 11.5 Å². The van der Waals surface area contributed by atoms with Gasteiger partial charge in [0.15, 0.2) is 6.61 Å². The molecule has 4 rings (SSSR count). The quantitative estimate of drug-likeness (QED) is 0.388. The SMILES string of the molecule is CCOc1ccccc1NC(=O)c1c(NC(=O)COc2ccc(Cl)cc2)sc2c1CC[C@@H](C)C2. The number of fused-ring (bicyclic) bond motifs is 1. The highest BCUT2D eigenvalue weighted by Gasteiger charge is 2.29. The van der Waals surface area contributed by atoms with Gasteiger partial charge in [-0.3, -0.25) is 9.59 Å². The molecule has 3 aromatic rings. The molecule has 0 radical (unpaired) electrons. The zero-order valence-electron chi connectivity index (χ0n) is 19.2. The summed E-state index contributed by atoms with van der Waals surface area (Å²) in [7, 11) is 0. The van der Waals surface area contributed by atoms with Crippen molar-refractivity contribution in [3.8, 4) is 11.5 Å². The number of hydrogen-bond donors (Lipinski definition) is 2. The monoisotopic (exact) mass is 498 g/mol. The molecule has 1 aliphatic rings. The van der Waals surface area contributed by atoms with Crippen molar-refractivity contribution in [1.82, 2.24) is 0 Å². The lowest BCUT2D eigenvalue weighted by Gasteiger charge is -2.19. The van der Waals surface area contributed by atoms with Gasteiger partial charge >= 0.3 is 0 Å². The molecule has 2 N–H and O–H groups in total. The van der Waals surface area contributed by atoms with E-state index in [2.05, 4.69) is 17.6 Å². The van der Waals surface area contributed by atoms with Crippen LogP contribution in [0.15, 0.2) is 48.5 Å². The van der Waals surface area contributed by atoms with Crippen LogP contribution in [0.1, 0.15) is 41.1 Å². The average molecular weight is 499 g/mol. The summed E-state index contributed by atoms with van der Waals surface area (Å²) < 4.78 is 11.2. The topological polar surface area (TPSA) is 76.7 Å². The van der Waals surface area contributed by atoms with Crippen molar-refractivity contribution >= 4 is 45.4 Å². The third kappa shape index (κ3) is 5.72. The van der Waals surface area contributed by atoms with Crippen LogP contribution in [-0.2, 0) is 17.6 Å². The van der Waals surface area contributed by atoms with E-state index < -0.39 is 0 Å². The van der Waals surface area contributed by atoms with Gasteiger partial charge in [0.1, 0.15) is 16.5 Å². The van der Waals surface area contributed by atoms with Crippen LogP contribution in [0.25, 0.3) is 0 Å². The molecular weight excluding hydrogens is 472 g/mol. The summed E-state index contributed by atoms with van der Waals surface area (Å²) in [5.74, 6) is 1.11. The van der Waals surface area contributed by atoms with Crippen molar-refractivity contribution in [2.45, 2.75) is 33.1 Å². The second-order valence-corrected chi connectivity index (χ2v) is 9.77. The Morgan fingerprint density at radius 2 is 1.85 bits per heavy atom. The zero-order valence-corrected chi connectivity index (χ0v) is 20.7. The number of amides is 2. The van der Waals surface area contributed by atoms with Crippen LogP contribution in [0.2, 0.25) is 5.02 Å². The Balaban J connectivity index is 1.55. The molecule has 0 aliphatic heterocycles. The van der Waals surface area contributed by atoms with Crippen molar-refractivity contribution in [2.75, 3.05) is 23.8 Å². The smallest absolute Gasteiger partial charge is 0.262 e. The molecule has 34 heavy (non-hydrogen) atoms. The highest BCUT2D eigenvalue weighted by molar-refractivity contribution is 7.17. The van der Waals surface area contributed by atoms with E-state index in [1.54, 1.807) is 24.3 Å². The number of anilines is 2. The third-order valence-corrected chi connectivity index (χ3v) is 7.03. The standard InChI is InChI=1S/C26H27ClN2O4S/c1-3-32-21-7-5-4-6-20(21)28-25(31)24-19-13-8-16(2)14-22(19)34-26(24)29-23(30)15-33-18-11-9-17(27)10-12-18/h4-7,9-12,16H,3,8,13-15H2,1-2H3,(H,28,31)(H,29,30)/t16-/m1/s1. The molecule has 0 saturated heterocycles. The molecule has 0 spiro atoms. The van der Waals surface area contributed by atoms with Gasteiger partial charge in [-0.1, -0.05) is 30.7 Å². The molecule has 0 unspecified atom stereocenters. The fourth-order valence-electron chi connectivity index (χ4n) is 3.96. The normalized spacial score (nSPS) is 14.7. The zero-order chi connectivity index (χ0) is 24.1. The summed E-state index contributed by atoms with van der Waals surface area (Å²) in [4.78, 5) is 27.3. The predicted molar refractivity (Wildman–Crippen MR) is 137 cm³/mol. The number of para-hydroxylation sites is 2. The predicted octanol–water partition coefficient (Wildman–Crippen LogP) is 6.19. The molecule has 0 saturated carbocycles. The summed E-state index contributed by atoms with van der Waals surface area (Å²) in [6.45, 7) is 4.43. The number of thiophene rings is 1. The Morgan fingerprint density at radius 3 is 2.62 bits per heavy atom. The van der Waals surface area contributed by atoms with E-state index in [4.69, 9.17) is 21.1 Å². The minimum absolute atomic E-state index is 0.172. The Kier molecular flexibility index (Phi) is 7.75. The maximum absolute atomic E-state index is 13.4. The van der Waals surface area contributed by atoms with Gasteiger partial charge in [0, 0.05) is 9.90 Å². The summed E-state index contributed by atoms with van der Waals surface area (Å²) in [6, 6.07) is 14.1. The van der Waals surface area contributed by atoms with Crippen molar-refractivity contribution in [1.29, 1.82) is 0 Å². The molecule has 6 nitrogen and oxygen atoms in total. The first-order valence-electron chi connectivity index (χ1n) is 11.3. The molecule has 178 valence electrons. The van der Waals surface area contributed by atoms with E-state index in [9.17, 15) is 9.59 Å². The van der Waals surface area contributed by atoms with E-state index in [1.165, 1.54) is 11.3 Å². The van der Waals surface area contributed by atoms with Crippen LogP contribution >= 0.6 is 22.9 Å². The van der Waals surface area contributed by atoms with E-state index >= 15 is 0 Å². The number of ether oxygens (including phenoxy) is 2. The van der Waals surface area contributed by atoms with Crippen LogP contribution in [0, 0.1) is 5.92 Å². The van der Waals surface area contributed by atoms with Gasteiger partial charge in [-0.05, 0) is 74.1 Å². The van der Waals surface area contributed by atoms with Crippen molar-refractivity contribution in [3.05, 3.63) is 69.6 Å². The number of hydrogen-bond acceptors (Lipinski definition) is 5. The maximum atomic E-state index is 13.4. The Morgan fingerprint density at radius 1 is 1.09 bits per heavy atom. The van der Waals surface area contributed by atoms with Crippen LogP contribution in [0.4, 0.5) is 10.7 Å². The highest BCUT2D eigenvalue weighted by atomic mass is 35.5. The molecule has 1 aliphatic carbocycles. The van der Waals surface area contributed by atoms with Crippen LogP contribution < -0.4 is 20.1 Å². The number of rotatable bonds is 8. The van der Waals surface area contributed by atoms with Gasteiger partial charge in [0.25, 0.3) is 11.8 Å². The molecule has 8 heteroatoms. The number of nitrogens with one attached hydrogen (secondary N) is 2. The van der Waals surface area contributed by atoms with Gasteiger partial charge in [-0.25, -0.2) is 0 Å². The van der Waals surface area contributed by atoms with Crippen molar-refractivity contribution in [2.24, 2.45) is 5.92 Å². The molecular formula is C26H27ClN2O4S. The largest absolute Gasteiger partial charge is 0.492 e. The minimum Gasteiger partial charge on any atom is -0.492 e. The summed E-state index contributed by atoms with van der Waals surface area (Å²) in [6.07, 6.45) is 2.71. The lowest BCUT2D eigenvalue weighted by Crippen LogP contribution is -2.22. The van der Waals surface area contributed by atoms with Gasteiger partial charge in [-0.15, -0.1) is 11.3 Å². The molecule has 2 aromatic carbocycles. The number of carbonyl (C=O) groups excluding carboxylic acids is 2. The van der Waals surface area contributed by atoms with Gasteiger partial charge in [-0.2, -0.15) is 0 Å². The second kappa shape index (κ2) is 10.9. The van der Waals surface area contributed by atoms with Crippen molar-refractivity contribution < 1.29 is 19.1 Å². The lowest BCUT2D eigenvalue weighted by molar-refractivity contribution is -0.118. The Hall–Kier alpha value is -3.03. The van der Waals surface area contributed by atoms with Gasteiger partial charge in [0.2, 0.25) is 0 Å².